The Morgan fingerprint density at radius 1 is 1.21 bits per heavy atom. The Balaban J connectivity index is 1.73. The summed E-state index contributed by atoms with van der Waals surface area (Å²) in [4.78, 5) is 22.3. The van der Waals surface area contributed by atoms with Gasteiger partial charge >= 0.3 is 0 Å². The largest absolute Gasteiger partial charge is 0.482 e. The molecule has 0 bridgehead atoms. The molecule has 0 aliphatic carbocycles. The zero-order chi connectivity index (χ0) is 21.0. The number of benzene rings is 2. The standard InChI is InChI=1S/C18H18ClN3O6S/c19-13-6-7-16(17(10-13)29(26,27)21-8-1-2-9-21)28-12-18(23)20-14-4-3-5-15(11-14)22(24)25/h3-7,10-11H,1-2,8-9,12H2,(H,20,23). The highest BCUT2D eigenvalue weighted by atomic mass is 35.5. The van der Waals surface area contributed by atoms with E-state index in [2.05, 4.69) is 5.32 Å². The van der Waals surface area contributed by atoms with Gasteiger partial charge in [-0.15, -0.1) is 0 Å². The van der Waals surface area contributed by atoms with Crippen molar-refractivity contribution in [2.75, 3.05) is 25.0 Å². The minimum absolute atomic E-state index is 0.00972. The van der Waals surface area contributed by atoms with Gasteiger partial charge in [0.15, 0.2) is 6.61 Å². The molecular weight excluding hydrogens is 422 g/mol. The van der Waals surface area contributed by atoms with Crippen molar-refractivity contribution < 1.29 is 22.9 Å². The van der Waals surface area contributed by atoms with E-state index in [1.54, 1.807) is 0 Å². The van der Waals surface area contributed by atoms with Gasteiger partial charge in [0.25, 0.3) is 11.6 Å². The Morgan fingerprint density at radius 3 is 2.62 bits per heavy atom. The first-order valence-corrected chi connectivity index (χ1v) is 10.6. The Bertz CT molecular complexity index is 1040. The van der Waals surface area contributed by atoms with Gasteiger partial charge in [0.2, 0.25) is 10.0 Å². The number of carbonyl (C=O) groups excluding carboxylic acids is 1. The molecule has 1 saturated heterocycles. The van der Waals surface area contributed by atoms with E-state index in [0.717, 1.165) is 12.8 Å². The Kier molecular flexibility index (Phi) is 6.36. The lowest BCUT2D eigenvalue weighted by Gasteiger charge is -2.18. The number of nitrogens with zero attached hydrogens (tertiary/aromatic N) is 2. The first-order chi connectivity index (χ1) is 13.8. The molecule has 1 N–H and O–H groups in total. The molecule has 0 spiro atoms. The zero-order valence-corrected chi connectivity index (χ0v) is 16.8. The van der Waals surface area contributed by atoms with E-state index in [0.29, 0.717) is 13.1 Å². The highest BCUT2D eigenvalue weighted by Crippen LogP contribution is 2.31. The van der Waals surface area contributed by atoms with Crippen LogP contribution in [0, 0.1) is 10.1 Å². The van der Waals surface area contributed by atoms with Gasteiger partial charge in [-0.3, -0.25) is 14.9 Å². The van der Waals surface area contributed by atoms with Crippen molar-refractivity contribution in [3.05, 3.63) is 57.6 Å². The molecule has 0 saturated carbocycles. The SMILES string of the molecule is O=C(COc1ccc(Cl)cc1S(=O)(=O)N1CCCC1)Nc1cccc([N+](=O)[O-])c1. The molecule has 1 aliphatic heterocycles. The molecule has 0 aromatic heterocycles. The summed E-state index contributed by atoms with van der Waals surface area (Å²) in [6, 6.07) is 9.61. The predicted octanol–water partition coefficient (Wildman–Crippen LogP) is 3.05. The molecular formula is C18H18ClN3O6S. The number of anilines is 1. The van der Waals surface area contributed by atoms with Crippen molar-refractivity contribution in [1.82, 2.24) is 4.31 Å². The molecule has 2 aromatic rings. The fraction of sp³-hybridized carbons (Fsp3) is 0.278. The minimum Gasteiger partial charge on any atom is -0.482 e. The molecule has 1 fully saturated rings. The number of ether oxygens (including phenoxy) is 1. The van der Waals surface area contributed by atoms with Gasteiger partial charge in [-0.25, -0.2) is 8.42 Å². The van der Waals surface area contributed by atoms with Crippen molar-refractivity contribution in [1.29, 1.82) is 0 Å². The molecule has 3 rings (SSSR count). The molecule has 2 aromatic carbocycles. The highest BCUT2D eigenvalue weighted by molar-refractivity contribution is 7.89. The summed E-state index contributed by atoms with van der Waals surface area (Å²) in [5.41, 5.74) is 0.0641. The van der Waals surface area contributed by atoms with Crippen molar-refractivity contribution in [3.8, 4) is 5.75 Å². The normalized spacial score (nSPS) is 14.5. The van der Waals surface area contributed by atoms with Gasteiger partial charge in [0.1, 0.15) is 10.6 Å². The van der Waals surface area contributed by atoms with E-state index in [1.807, 2.05) is 0 Å². The molecule has 1 aliphatic rings. The maximum absolute atomic E-state index is 12.9. The van der Waals surface area contributed by atoms with Gasteiger partial charge in [0.05, 0.1) is 4.92 Å². The molecule has 0 radical (unpaired) electrons. The second-order valence-corrected chi connectivity index (χ2v) is 8.69. The quantitative estimate of drug-likeness (QED) is 0.523. The second kappa shape index (κ2) is 8.76. The molecule has 0 atom stereocenters. The van der Waals surface area contributed by atoms with Crippen LogP contribution in [0.4, 0.5) is 11.4 Å². The van der Waals surface area contributed by atoms with Crippen LogP contribution in [-0.4, -0.2) is 43.2 Å². The van der Waals surface area contributed by atoms with Crippen LogP contribution in [0.1, 0.15) is 12.8 Å². The maximum atomic E-state index is 12.9. The van der Waals surface area contributed by atoms with Gasteiger partial charge in [-0.05, 0) is 37.1 Å². The topological polar surface area (TPSA) is 119 Å². The molecule has 1 heterocycles. The van der Waals surface area contributed by atoms with E-state index in [4.69, 9.17) is 16.3 Å². The van der Waals surface area contributed by atoms with Crippen LogP contribution >= 0.6 is 11.6 Å². The lowest BCUT2D eigenvalue weighted by molar-refractivity contribution is -0.384. The fourth-order valence-electron chi connectivity index (χ4n) is 2.91. The van der Waals surface area contributed by atoms with Gasteiger partial charge in [-0.2, -0.15) is 4.31 Å². The molecule has 154 valence electrons. The molecule has 29 heavy (non-hydrogen) atoms. The van der Waals surface area contributed by atoms with Crippen molar-refractivity contribution in [2.45, 2.75) is 17.7 Å². The fourth-order valence-corrected chi connectivity index (χ4v) is 4.82. The van der Waals surface area contributed by atoms with Crippen molar-refractivity contribution in [3.63, 3.8) is 0 Å². The summed E-state index contributed by atoms with van der Waals surface area (Å²) in [6.07, 6.45) is 1.56. The minimum atomic E-state index is -3.80. The molecule has 0 unspecified atom stereocenters. The lowest BCUT2D eigenvalue weighted by atomic mass is 10.3. The third-order valence-electron chi connectivity index (χ3n) is 4.29. The second-order valence-electron chi connectivity index (χ2n) is 6.35. The number of sulfonamides is 1. The molecule has 1 amide bonds. The van der Waals surface area contributed by atoms with Crippen LogP contribution in [0.5, 0.6) is 5.75 Å². The summed E-state index contributed by atoms with van der Waals surface area (Å²) in [5.74, 6) is -0.583. The zero-order valence-electron chi connectivity index (χ0n) is 15.2. The number of nitro groups is 1. The number of hydrogen-bond acceptors (Lipinski definition) is 6. The van der Waals surface area contributed by atoms with Gasteiger partial charge in [0, 0.05) is 35.9 Å². The molecule has 9 nitrogen and oxygen atoms in total. The van der Waals surface area contributed by atoms with Crippen LogP contribution < -0.4 is 10.1 Å². The summed E-state index contributed by atoms with van der Waals surface area (Å²) in [5, 5.41) is 13.5. The van der Waals surface area contributed by atoms with Crippen molar-refractivity contribution in [2.24, 2.45) is 0 Å². The average Bonchev–Trinajstić information content (AvgIpc) is 3.23. The van der Waals surface area contributed by atoms with Crippen LogP contribution in [0.15, 0.2) is 47.4 Å². The summed E-state index contributed by atoms with van der Waals surface area (Å²) in [6.45, 7) is 0.357. The number of nitro benzene ring substituents is 1. The third kappa shape index (κ3) is 5.03. The molecule has 11 heteroatoms. The van der Waals surface area contributed by atoms with Crippen LogP contribution in [0.3, 0.4) is 0 Å². The number of nitrogens with one attached hydrogen (secondary N) is 1. The van der Waals surface area contributed by atoms with Gasteiger partial charge < -0.3 is 10.1 Å². The summed E-state index contributed by atoms with van der Waals surface area (Å²) in [7, 11) is -3.80. The van der Waals surface area contributed by atoms with Crippen LogP contribution in [0.25, 0.3) is 0 Å². The number of non-ortho nitro benzene ring substituents is 1. The monoisotopic (exact) mass is 439 g/mol. The Labute approximate surface area is 172 Å². The lowest BCUT2D eigenvalue weighted by Crippen LogP contribution is -2.28. The smallest absolute Gasteiger partial charge is 0.271 e. The van der Waals surface area contributed by atoms with E-state index in [9.17, 15) is 23.3 Å². The van der Waals surface area contributed by atoms with Crippen LogP contribution in [-0.2, 0) is 14.8 Å². The van der Waals surface area contributed by atoms with E-state index < -0.39 is 27.5 Å². The summed E-state index contributed by atoms with van der Waals surface area (Å²) >= 11 is 5.97. The number of rotatable bonds is 7. The van der Waals surface area contributed by atoms with E-state index in [-0.39, 0.29) is 27.0 Å². The first kappa shape index (κ1) is 21.0. The third-order valence-corrected chi connectivity index (χ3v) is 6.44. The Hall–Kier alpha value is -2.69. The highest BCUT2D eigenvalue weighted by Gasteiger charge is 2.30. The Morgan fingerprint density at radius 2 is 1.93 bits per heavy atom. The average molecular weight is 440 g/mol. The van der Waals surface area contributed by atoms with Gasteiger partial charge in [-0.1, -0.05) is 17.7 Å². The summed E-state index contributed by atoms with van der Waals surface area (Å²) < 4.78 is 32.5. The first-order valence-electron chi connectivity index (χ1n) is 8.74. The van der Waals surface area contributed by atoms with E-state index >= 15 is 0 Å². The van der Waals surface area contributed by atoms with Crippen LogP contribution in [0.2, 0.25) is 5.02 Å². The van der Waals surface area contributed by atoms with Crippen molar-refractivity contribution >= 4 is 38.9 Å². The number of halogens is 1. The number of hydrogen-bond donors (Lipinski definition) is 1. The predicted molar refractivity (Wildman–Crippen MR) is 107 cm³/mol. The van der Waals surface area contributed by atoms with E-state index in [1.165, 1.54) is 46.8 Å². The number of carbonyl (C=O) groups is 1. The maximum Gasteiger partial charge on any atom is 0.271 e. The number of amides is 1.